The summed E-state index contributed by atoms with van der Waals surface area (Å²) in [4.78, 5) is 4.33. The van der Waals surface area contributed by atoms with Crippen LogP contribution in [0.3, 0.4) is 0 Å². The third kappa shape index (κ3) is 3.32. The molecule has 3 atom stereocenters. The van der Waals surface area contributed by atoms with Crippen LogP contribution in [0.1, 0.15) is 26.7 Å². The predicted molar refractivity (Wildman–Crippen MR) is 85.7 cm³/mol. The van der Waals surface area contributed by atoms with E-state index in [4.69, 9.17) is 23.1 Å². The summed E-state index contributed by atoms with van der Waals surface area (Å²) in [6.45, 7) is 4.51. The number of hydrogen-bond donors (Lipinski definition) is 2. The van der Waals surface area contributed by atoms with Crippen molar-refractivity contribution in [3.05, 3.63) is 40.4 Å². The molecule has 4 N–H and O–H groups in total. The minimum atomic E-state index is -0.328. The summed E-state index contributed by atoms with van der Waals surface area (Å²) >= 11 is 5.89. The van der Waals surface area contributed by atoms with Gasteiger partial charge in [-0.1, -0.05) is 30.7 Å². The molecule has 3 unspecified atom stereocenters. The smallest absolute Gasteiger partial charge is 0.0905 e. The third-order valence-electron chi connectivity index (χ3n) is 3.75. The fourth-order valence-corrected chi connectivity index (χ4v) is 2.62. The van der Waals surface area contributed by atoms with Crippen LogP contribution in [-0.2, 0) is 0 Å². The summed E-state index contributed by atoms with van der Waals surface area (Å²) in [5.74, 6) is 0.131. The molecule has 4 nitrogen and oxygen atoms in total. The zero-order chi connectivity index (χ0) is 14.7. The topological polar surface area (TPSA) is 74.2 Å². The van der Waals surface area contributed by atoms with Crippen molar-refractivity contribution in [3.8, 4) is 0 Å². The molecule has 0 radical (unpaired) electrons. The standard InChI is InChI=1S/C15H22ClN4/c1-3-12(7-17)20-14-6-10(13(18)4-9(2)16)5-11-8-19-15(11)14/h4,6,8,10,12-13,18,20H,3,5,7,17H2,1-2H3/q-1/b9-4+. The molecule has 2 aliphatic rings. The lowest BCUT2D eigenvalue weighted by Crippen LogP contribution is -2.40. The van der Waals surface area contributed by atoms with Crippen molar-refractivity contribution in [2.24, 2.45) is 16.6 Å². The summed E-state index contributed by atoms with van der Waals surface area (Å²) in [6.07, 6.45) is 7.63. The van der Waals surface area contributed by atoms with E-state index in [0.717, 1.165) is 24.3 Å². The van der Waals surface area contributed by atoms with Gasteiger partial charge in [0.2, 0.25) is 0 Å². The quantitative estimate of drug-likeness (QED) is 0.789. The lowest BCUT2D eigenvalue weighted by Gasteiger charge is -2.35. The number of halogens is 1. The monoisotopic (exact) mass is 293 g/mol. The van der Waals surface area contributed by atoms with E-state index in [2.05, 4.69) is 23.3 Å². The highest BCUT2D eigenvalue weighted by molar-refractivity contribution is 6.29. The highest BCUT2D eigenvalue weighted by atomic mass is 35.5. The number of nitrogens with two attached hydrogens (primary N) is 1. The first-order valence-corrected chi connectivity index (χ1v) is 7.44. The van der Waals surface area contributed by atoms with Gasteiger partial charge in [-0.05, 0) is 31.3 Å². The van der Waals surface area contributed by atoms with Crippen molar-refractivity contribution in [1.29, 1.82) is 0 Å². The van der Waals surface area contributed by atoms with Crippen LogP contribution in [0.5, 0.6) is 0 Å². The molecule has 110 valence electrons. The molecule has 0 aromatic rings. The number of fused-ring (bicyclic) bond motifs is 1. The minimum absolute atomic E-state index is 0.131. The summed E-state index contributed by atoms with van der Waals surface area (Å²) in [7, 11) is 0. The molecule has 0 amide bonds. The Morgan fingerprint density at radius 2 is 2.45 bits per heavy atom. The second-order valence-electron chi connectivity index (χ2n) is 5.34. The normalized spacial score (nSPS) is 24.8. The van der Waals surface area contributed by atoms with Crippen LogP contribution >= 0.6 is 11.6 Å². The van der Waals surface area contributed by atoms with Gasteiger partial charge in [-0.15, -0.1) is 6.04 Å². The van der Waals surface area contributed by atoms with Gasteiger partial charge < -0.3 is 16.8 Å². The Morgan fingerprint density at radius 3 is 2.95 bits per heavy atom. The second kappa shape index (κ2) is 6.57. The van der Waals surface area contributed by atoms with Gasteiger partial charge in [-0.2, -0.15) is 0 Å². The van der Waals surface area contributed by atoms with Crippen LogP contribution in [0.4, 0.5) is 0 Å². The molecule has 5 heteroatoms. The number of nitrogens with zero attached hydrogens (tertiary/aromatic N) is 1. The number of rotatable bonds is 6. The maximum absolute atomic E-state index is 8.21. The first kappa shape index (κ1) is 15.3. The zero-order valence-electron chi connectivity index (χ0n) is 12.0. The van der Waals surface area contributed by atoms with Crippen LogP contribution in [0.25, 0.3) is 5.73 Å². The van der Waals surface area contributed by atoms with Crippen molar-refractivity contribution < 1.29 is 0 Å². The van der Waals surface area contributed by atoms with E-state index >= 15 is 0 Å². The van der Waals surface area contributed by atoms with Crippen LogP contribution in [0.15, 0.2) is 39.6 Å². The van der Waals surface area contributed by atoms with Gasteiger partial charge in [0.15, 0.2) is 0 Å². The van der Waals surface area contributed by atoms with E-state index in [1.165, 1.54) is 5.57 Å². The number of aliphatic imine (C=N–C) groups is 1. The highest BCUT2D eigenvalue weighted by Gasteiger charge is 2.28. The van der Waals surface area contributed by atoms with Crippen molar-refractivity contribution in [3.63, 3.8) is 0 Å². The Hall–Kier alpha value is -1.10. The van der Waals surface area contributed by atoms with Gasteiger partial charge in [0.1, 0.15) is 0 Å². The Bertz CT molecular complexity index is 482. The molecule has 2 rings (SSSR count). The maximum atomic E-state index is 8.21. The van der Waals surface area contributed by atoms with Gasteiger partial charge in [-0.25, -0.2) is 0 Å². The number of nitrogens with one attached hydrogen (secondary N) is 2. The van der Waals surface area contributed by atoms with E-state index in [1.807, 2.05) is 13.1 Å². The largest absolute Gasteiger partial charge is 0.671 e. The van der Waals surface area contributed by atoms with E-state index in [-0.39, 0.29) is 18.0 Å². The molecule has 0 saturated heterocycles. The minimum Gasteiger partial charge on any atom is -0.671 e. The summed E-state index contributed by atoms with van der Waals surface area (Å²) in [5, 5.41) is 4.12. The van der Waals surface area contributed by atoms with Gasteiger partial charge in [-0.3, -0.25) is 4.99 Å². The molecule has 0 aromatic heterocycles. The molecule has 0 spiro atoms. The average molecular weight is 294 g/mol. The SMILES string of the molecule is CCC(CN)NC1=CC(C([NH-])/C=C(\C)Cl)CC2=CN=C21. The average Bonchev–Trinajstić information content (AvgIpc) is 2.36. The van der Waals surface area contributed by atoms with Gasteiger partial charge in [0.05, 0.1) is 11.4 Å². The first-order valence-electron chi connectivity index (χ1n) is 7.06. The Morgan fingerprint density at radius 1 is 1.70 bits per heavy atom. The van der Waals surface area contributed by atoms with Crippen molar-refractivity contribution in [2.75, 3.05) is 6.54 Å². The van der Waals surface area contributed by atoms with Crippen LogP contribution in [0, 0.1) is 5.92 Å². The van der Waals surface area contributed by atoms with Crippen LogP contribution in [-0.4, -0.2) is 24.3 Å². The van der Waals surface area contributed by atoms with E-state index < -0.39 is 0 Å². The molecule has 1 heterocycles. The van der Waals surface area contributed by atoms with Crippen molar-refractivity contribution in [1.82, 2.24) is 5.32 Å². The number of allylic oxidation sites excluding steroid dienone is 2. The number of hydrogen-bond acceptors (Lipinski definition) is 3. The molecular weight excluding hydrogens is 272 g/mol. The molecule has 0 bridgehead atoms. The van der Waals surface area contributed by atoms with E-state index in [9.17, 15) is 0 Å². The summed E-state index contributed by atoms with van der Waals surface area (Å²) < 4.78 is 0. The molecule has 1 aliphatic heterocycles. The van der Waals surface area contributed by atoms with E-state index in [1.54, 1.807) is 6.08 Å². The van der Waals surface area contributed by atoms with Gasteiger partial charge in [0.25, 0.3) is 0 Å². The zero-order valence-corrected chi connectivity index (χ0v) is 12.7. The highest BCUT2D eigenvalue weighted by Crippen LogP contribution is 2.33. The molecule has 0 fully saturated rings. The van der Waals surface area contributed by atoms with Gasteiger partial charge in [0, 0.05) is 23.8 Å². The van der Waals surface area contributed by atoms with Crippen LogP contribution < -0.4 is 11.1 Å². The maximum Gasteiger partial charge on any atom is 0.0905 e. The van der Waals surface area contributed by atoms with Gasteiger partial charge >= 0.3 is 0 Å². The molecular formula is C15H22ClN4-. The Balaban J connectivity index is 2.16. The predicted octanol–water partition coefficient (Wildman–Crippen LogP) is 3.12. The van der Waals surface area contributed by atoms with E-state index in [0.29, 0.717) is 11.6 Å². The molecule has 0 aromatic carbocycles. The Kier molecular flexibility index (Phi) is 5.02. The summed E-state index contributed by atoms with van der Waals surface area (Å²) in [6, 6.07) is -0.0793. The lowest BCUT2D eigenvalue weighted by molar-refractivity contribution is 0.549. The fourth-order valence-electron chi connectivity index (χ4n) is 2.48. The summed E-state index contributed by atoms with van der Waals surface area (Å²) in [5.41, 5.74) is 17.2. The second-order valence-corrected chi connectivity index (χ2v) is 5.94. The van der Waals surface area contributed by atoms with Crippen molar-refractivity contribution >= 4 is 17.3 Å². The lowest BCUT2D eigenvalue weighted by atomic mass is 9.82. The molecule has 0 saturated carbocycles. The fraction of sp³-hybridized carbons (Fsp3) is 0.533. The van der Waals surface area contributed by atoms with Crippen molar-refractivity contribution in [2.45, 2.75) is 38.8 Å². The third-order valence-corrected chi connectivity index (χ3v) is 3.88. The Labute approximate surface area is 125 Å². The molecule has 1 aliphatic carbocycles. The molecule has 20 heavy (non-hydrogen) atoms. The van der Waals surface area contributed by atoms with Crippen LogP contribution in [0.2, 0.25) is 0 Å². The first-order chi connectivity index (χ1) is 9.55.